The third-order valence-electron chi connectivity index (χ3n) is 5.85. The average Bonchev–Trinajstić information content (AvgIpc) is 3.46. The fraction of sp³-hybridized carbons (Fsp3) is 0.571. The molecule has 3 rings (SSSR count). The molecule has 190 valence electrons. The monoisotopic (exact) mass is 490 g/mol. The van der Waals surface area contributed by atoms with Crippen molar-refractivity contribution in [3.63, 3.8) is 0 Å². The smallest absolute Gasteiger partial charge is 0.409 e. The van der Waals surface area contributed by atoms with Crippen molar-refractivity contribution in [2.24, 2.45) is 0 Å². The van der Waals surface area contributed by atoms with Crippen LogP contribution in [-0.4, -0.2) is 85.0 Å². The van der Waals surface area contributed by atoms with Gasteiger partial charge in [0.2, 0.25) is 11.8 Å². The molecule has 3 amide bonds. The molecule has 35 heavy (non-hydrogen) atoms. The lowest BCUT2D eigenvalue weighted by Gasteiger charge is -2.35. The van der Waals surface area contributed by atoms with Crippen molar-refractivity contribution >= 4 is 29.3 Å². The lowest BCUT2D eigenvalue weighted by atomic mass is 10.2. The van der Waals surface area contributed by atoms with Crippen LogP contribution in [0.1, 0.15) is 45.0 Å². The summed E-state index contributed by atoms with van der Waals surface area (Å²) in [7, 11) is 0. The number of hydrogen-bond acceptors (Lipinski definition) is 8. The minimum Gasteiger partial charge on any atom is -0.450 e. The van der Waals surface area contributed by atoms with E-state index in [4.69, 9.17) is 4.74 Å². The molecule has 2 atom stereocenters. The number of aryl methyl sites for hydroxylation is 1. The van der Waals surface area contributed by atoms with E-state index in [1.54, 1.807) is 43.7 Å². The van der Waals surface area contributed by atoms with E-state index in [1.165, 1.54) is 15.6 Å². The molecular weight excluding hydrogens is 460 g/mol. The van der Waals surface area contributed by atoms with Crippen LogP contribution in [0.3, 0.4) is 0 Å². The van der Waals surface area contributed by atoms with Gasteiger partial charge in [0.05, 0.1) is 22.9 Å². The number of piperazine rings is 1. The maximum Gasteiger partial charge on any atom is 0.409 e. The van der Waals surface area contributed by atoms with Gasteiger partial charge in [-0.3, -0.25) is 29.1 Å². The summed E-state index contributed by atoms with van der Waals surface area (Å²) in [5.41, 5.74) is 0.754. The summed E-state index contributed by atoms with van der Waals surface area (Å²) in [6, 6.07) is -1.37. The Morgan fingerprint density at radius 1 is 1.14 bits per heavy atom. The van der Waals surface area contributed by atoms with E-state index in [9.17, 15) is 24.5 Å². The second-order valence-corrected chi connectivity index (χ2v) is 8.14. The van der Waals surface area contributed by atoms with Crippen molar-refractivity contribution in [3.8, 4) is 0 Å². The van der Waals surface area contributed by atoms with E-state index < -0.39 is 22.9 Å². The van der Waals surface area contributed by atoms with Crippen molar-refractivity contribution in [2.45, 2.75) is 46.2 Å². The standard InChI is InChI=1S/C21H30N8O6/c1-5-18(28-12-16(11-22-28)29(33)34)19(30)23-17-13-27(24-14(17)3)15(4)20(31)25-7-9-26(10-8-25)21(32)35-6-2/h11-13,15,18H,5-10H2,1-4H3,(H,23,30). The molecule has 3 heterocycles. The number of nitro groups is 1. The van der Waals surface area contributed by atoms with E-state index in [0.29, 0.717) is 50.6 Å². The Labute approximate surface area is 201 Å². The van der Waals surface area contributed by atoms with E-state index in [-0.39, 0.29) is 17.7 Å². The van der Waals surface area contributed by atoms with Gasteiger partial charge < -0.3 is 19.9 Å². The second kappa shape index (κ2) is 11.0. The molecule has 0 aliphatic carbocycles. The van der Waals surface area contributed by atoms with Crippen LogP contribution in [-0.2, 0) is 14.3 Å². The molecule has 0 bridgehead atoms. The molecule has 1 fully saturated rings. The van der Waals surface area contributed by atoms with Gasteiger partial charge in [-0.05, 0) is 27.2 Å². The molecule has 0 aromatic carbocycles. The van der Waals surface area contributed by atoms with Crippen LogP contribution in [0.5, 0.6) is 0 Å². The first kappa shape index (κ1) is 25.6. The molecule has 1 aliphatic heterocycles. The van der Waals surface area contributed by atoms with Gasteiger partial charge in [0.15, 0.2) is 0 Å². The highest BCUT2D eigenvalue weighted by molar-refractivity contribution is 5.94. The number of anilines is 1. The van der Waals surface area contributed by atoms with Crippen LogP contribution in [0.25, 0.3) is 0 Å². The largest absolute Gasteiger partial charge is 0.450 e. The second-order valence-electron chi connectivity index (χ2n) is 8.14. The zero-order chi connectivity index (χ0) is 25.7. The topological polar surface area (TPSA) is 158 Å². The maximum absolute atomic E-state index is 13.0. The van der Waals surface area contributed by atoms with E-state index >= 15 is 0 Å². The van der Waals surface area contributed by atoms with Gasteiger partial charge in [0.25, 0.3) is 0 Å². The molecule has 0 radical (unpaired) electrons. The molecule has 0 spiro atoms. The molecule has 2 aromatic heterocycles. The quantitative estimate of drug-likeness (QED) is 0.433. The third kappa shape index (κ3) is 5.75. The summed E-state index contributed by atoms with van der Waals surface area (Å²) < 4.78 is 7.76. The molecule has 1 N–H and O–H groups in total. The Morgan fingerprint density at radius 2 is 1.80 bits per heavy atom. The van der Waals surface area contributed by atoms with Crippen molar-refractivity contribution in [1.82, 2.24) is 29.4 Å². The van der Waals surface area contributed by atoms with Crippen molar-refractivity contribution < 1.29 is 24.0 Å². The van der Waals surface area contributed by atoms with Gasteiger partial charge in [-0.15, -0.1) is 0 Å². The van der Waals surface area contributed by atoms with Crippen LogP contribution in [0.4, 0.5) is 16.2 Å². The molecule has 2 aromatic rings. The summed E-state index contributed by atoms with van der Waals surface area (Å²) in [5, 5.41) is 22.0. The third-order valence-corrected chi connectivity index (χ3v) is 5.85. The van der Waals surface area contributed by atoms with Crippen molar-refractivity contribution in [1.29, 1.82) is 0 Å². The summed E-state index contributed by atoms with van der Waals surface area (Å²) in [6.45, 7) is 8.80. The Balaban J connectivity index is 1.64. The molecule has 14 nitrogen and oxygen atoms in total. The minimum absolute atomic E-state index is 0.149. The zero-order valence-corrected chi connectivity index (χ0v) is 20.2. The van der Waals surface area contributed by atoms with Crippen molar-refractivity contribution in [3.05, 3.63) is 34.4 Å². The maximum atomic E-state index is 13.0. The Bertz CT molecular complexity index is 1090. The summed E-state index contributed by atoms with van der Waals surface area (Å²) >= 11 is 0. The van der Waals surface area contributed by atoms with Crippen LogP contribution < -0.4 is 5.32 Å². The van der Waals surface area contributed by atoms with Gasteiger partial charge in [-0.25, -0.2) is 4.79 Å². The molecule has 0 saturated carbocycles. The lowest BCUT2D eigenvalue weighted by molar-refractivity contribution is -0.385. The Hall–Kier alpha value is -3.97. The highest BCUT2D eigenvalue weighted by Gasteiger charge is 2.29. The first-order valence-corrected chi connectivity index (χ1v) is 11.4. The summed E-state index contributed by atoms with van der Waals surface area (Å²) in [6.07, 6.45) is 3.88. The van der Waals surface area contributed by atoms with Gasteiger partial charge in [-0.2, -0.15) is 10.2 Å². The van der Waals surface area contributed by atoms with Gasteiger partial charge in [0.1, 0.15) is 24.5 Å². The van der Waals surface area contributed by atoms with Gasteiger partial charge >= 0.3 is 11.8 Å². The van der Waals surface area contributed by atoms with Crippen LogP contribution >= 0.6 is 0 Å². The average molecular weight is 491 g/mol. The van der Waals surface area contributed by atoms with Crippen molar-refractivity contribution in [2.75, 3.05) is 38.1 Å². The number of carbonyl (C=O) groups is 3. The zero-order valence-electron chi connectivity index (χ0n) is 20.2. The van der Waals surface area contributed by atoms with E-state index in [1.807, 2.05) is 0 Å². The number of hydrogen-bond donors (Lipinski definition) is 1. The predicted molar refractivity (Wildman–Crippen MR) is 124 cm³/mol. The van der Waals surface area contributed by atoms with E-state index in [0.717, 1.165) is 6.20 Å². The summed E-state index contributed by atoms with van der Waals surface area (Å²) in [5.74, 6) is -0.550. The Morgan fingerprint density at radius 3 is 2.37 bits per heavy atom. The number of carbonyl (C=O) groups excluding carboxylic acids is 3. The number of nitrogens with zero attached hydrogens (tertiary/aromatic N) is 7. The number of aromatic nitrogens is 4. The fourth-order valence-electron chi connectivity index (χ4n) is 3.81. The highest BCUT2D eigenvalue weighted by Crippen LogP contribution is 2.22. The number of ether oxygens (including phenoxy) is 1. The number of nitrogens with one attached hydrogen (secondary N) is 1. The molecule has 2 unspecified atom stereocenters. The van der Waals surface area contributed by atoms with Crippen LogP contribution in [0.2, 0.25) is 0 Å². The summed E-state index contributed by atoms with van der Waals surface area (Å²) in [4.78, 5) is 51.4. The number of amides is 3. The highest BCUT2D eigenvalue weighted by atomic mass is 16.6. The molecule has 14 heteroatoms. The van der Waals surface area contributed by atoms with Gasteiger partial charge in [0, 0.05) is 32.4 Å². The van der Waals surface area contributed by atoms with Crippen LogP contribution in [0.15, 0.2) is 18.6 Å². The van der Waals surface area contributed by atoms with Gasteiger partial charge in [-0.1, -0.05) is 6.92 Å². The first-order chi connectivity index (χ1) is 16.7. The Kier molecular flexibility index (Phi) is 8.04. The lowest BCUT2D eigenvalue weighted by Crippen LogP contribution is -2.52. The van der Waals surface area contributed by atoms with Crippen LogP contribution in [0, 0.1) is 17.0 Å². The minimum atomic E-state index is -0.749. The SMILES string of the molecule is CCOC(=O)N1CCN(C(=O)C(C)n2cc(NC(=O)C(CC)n3cc([N+](=O)[O-])cn3)c(C)n2)CC1. The predicted octanol–water partition coefficient (Wildman–Crippen LogP) is 1.75. The number of rotatable bonds is 8. The fourth-order valence-corrected chi connectivity index (χ4v) is 3.81. The molecule has 1 aliphatic rings. The van der Waals surface area contributed by atoms with E-state index in [2.05, 4.69) is 15.5 Å². The normalized spacial score (nSPS) is 15.4. The first-order valence-electron chi connectivity index (χ1n) is 11.4. The molecule has 1 saturated heterocycles. The molecular formula is C21H30N8O6.